The van der Waals surface area contributed by atoms with Crippen molar-refractivity contribution in [2.45, 2.75) is 32.8 Å². The maximum atomic E-state index is 14.0. The van der Waals surface area contributed by atoms with Crippen LogP contribution in [0.4, 0.5) is 4.39 Å². The molecule has 0 fully saturated rings. The number of aliphatic hydroxyl groups excluding tert-OH is 1. The van der Waals surface area contributed by atoms with Gasteiger partial charge in [0.05, 0.1) is 22.2 Å². The summed E-state index contributed by atoms with van der Waals surface area (Å²) in [6.45, 7) is 4.24. The predicted octanol–water partition coefficient (Wildman–Crippen LogP) is 4.72. The molecule has 0 aliphatic heterocycles. The van der Waals surface area contributed by atoms with Crippen molar-refractivity contribution in [2.24, 2.45) is 5.41 Å². The molecule has 2 nitrogen and oxygen atoms in total. The summed E-state index contributed by atoms with van der Waals surface area (Å²) in [4.78, 5) is 5.46. The highest BCUT2D eigenvalue weighted by molar-refractivity contribution is 9.10. The van der Waals surface area contributed by atoms with E-state index in [4.69, 9.17) is 0 Å². The average molecular weight is 356 g/mol. The minimum Gasteiger partial charge on any atom is -0.387 e. The zero-order valence-electron chi connectivity index (χ0n) is 11.3. The SMILES string of the molecule is CC1(C)Cc2nc(-c3c(F)cccc3Br)sc2C(O)C1. The molecule has 0 amide bonds. The van der Waals surface area contributed by atoms with Crippen molar-refractivity contribution in [1.82, 2.24) is 4.98 Å². The third kappa shape index (κ3) is 2.43. The van der Waals surface area contributed by atoms with Crippen molar-refractivity contribution in [2.75, 3.05) is 0 Å². The van der Waals surface area contributed by atoms with Crippen LogP contribution in [0.1, 0.15) is 36.9 Å². The van der Waals surface area contributed by atoms with Crippen LogP contribution in [-0.4, -0.2) is 10.1 Å². The highest BCUT2D eigenvalue weighted by atomic mass is 79.9. The predicted molar refractivity (Wildman–Crippen MR) is 82.3 cm³/mol. The quantitative estimate of drug-likeness (QED) is 0.802. The van der Waals surface area contributed by atoms with Gasteiger partial charge in [0.15, 0.2) is 0 Å². The molecule has 1 N–H and O–H groups in total. The molecule has 0 saturated carbocycles. The van der Waals surface area contributed by atoms with E-state index in [2.05, 4.69) is 34.8 Å². The number of hydrogen-bond acceptors (Lipinski definition) is 3. The summed E-state index contributed by atoms with van der Waals surface area (Å²) in [5.41, 5.74) is 1.42. The van der Waals surface area contributed by atoms with Crippen molar-refractivity contribution < 1.29 is 9.50 Å². The van der Waals surface area contributed by atoms with Gasteiger partial charge in [0.2, 0.25) is 0 Å². The molecule has 0 spiro atoms. The van der Waals surface area contributed by atoms with Crippen LogP contribution < -0.4 is 0 Å². The van der Waals surface area contributed by atoms with E-state index in [1.54, 1.807) is 12.1 Å². The molecule has 0 bridgehead atoms. The monoisotopic (exact) mass is 355 g/mol. The Bertz CT molecular complexity index is 648. The Kier molecular flexibility index (Phi) is 3.47. The fourth-order valence-electron chi connectivity index (χ4n) is 2.70. The second-order valence-electron chi connectivity index (χ2n) is 5.99. The molecule has 2 aromatic rings. The molecule has 3 rings (SSSR count). The summed E-state index contributed by atoms with van der Waals surface area (Å²) in [6.07, 6.45) is 1.05. The van der Waals surface area contributed by atoms with Gasteiger partial charge in [-0.3, -0.25) is 0 Å². The zero-order chi connectivity index (χ0) is 14.5. The highest BCUT2D eigenvalue weighted by Gasteiger charge is 2.34. The average Bonchev–Trinajstić information content (AvgIpc) is 2.70. The third-order valence-corrected chi connectivity index (χ3v) is 5.48. The van der Waals surface area contributed by atoms with Gasteiger partial charge in [-0.05, 0) is 46.3 Å². The number of aliphatic hydroxyl groups is 1. The van der Waals surface area contributed by atoms with Crippen molar-refractivity contribution in [3.8, 4) is 10.6 Å². The minimum absolute atomic E-state index is 0.0320. The Balaban J connectivity index is 2.11. The summed E-state index contributed by atoms with van der Waals surface area (Å²) >= 11 is 4.77. The number of thiazole rings is 1. The maximum absolute atomic E-state index is 14.0. The molecule has 1 aromatic carbocycles. The molecule has 1 atom stereocenters. The van der Waals surface area contributed by atoms with Gasteiger partial charge in [-0.15, -0.1) is 11.3 Å². The van der Waals surface area contributed by atoms with Crippen LogP contribution in [0.3, 0.4) is 0 Å². The van der Waals surface area contributed by atoms with Gasteiger partial charge in [-0.25, -0.2) is 9.37 Å². The lowest BCUT2D eigenvalue weighted by Crippen LogP contribution is -2.24. The smallest absolute Gasteiger partial charge is 0.134 e. The topological polar surface area (TPSA) is 33.1 Å². The van der Waals surface area contributed by atoms with E-state index in [0.29, 0.717) is 15.0 Å². The summed E-state index contributed by atoms with van der Waals surface area (Å²) in [7, 11) is 0. The van der Waals surface area contributed by atoms with E-state index in [0.717, 1.165) is 23.4 Å². The lowest BCUT2D eigenvalue weighted by atomic mass is 9.77. The summed E-state index contributed by atoms with van der Waals surface area (Å²) in [5, 5.41) is 10.9. The normalized spacial score (nSPS) is 20.8. The fraction of sp³-hybridized carbons (Fsp3) is 0.400. The first kappa shape index (κ1) is 14.2. The first-order chi connectivity index (χ1) is 9.37. The van der Waals surface area contributed by atoms with E-state index < -0.39 is 6.10 Å². The molecule has 1 aromatic heterocycles. The number of nitrogens with zero attached hydrogens (tertiary/aromatic N) is 1. The molecule has 0 radical (unpaired) electrons. The Morgan fingerprint density at radius 3 is 2.90 bits per heavy atom. The molecule has 1 aliphatic rings. The fourth-order valence-corrected chi connectivity index (χ4v) is 4.49. The lowest BCUT2D eigenvalue weighted by molar-refractivity contribution is 0.102. The van der Waals surface area contributed by atoms with Gasteiger partial charge in [-0.1, -0.05) is 19.9 Å². The van der Waals surface area contributed by atoms with E-state index in [1.807, 2.05) is 0 Å². The van der Waals surface area contributed by atoms with Crippen LogP contribution in [0, 0.1) is 11.2 Å². The maximum Gasteiger partial charge on any atom is 0.134 e. The molecule has 1 heterocycles. The van der Waals surface area contributed by atoms with Crippen molar-refractivity contribution in [3.05, 3.63) is 39.1 Å². The van der Waals surface area contributed by atoms with Crippen LogP contribution in [0.15, 0.2) is 22.7 Å². The summed E-state index contributed by atoms with van der Waals surface area (Å²) < 4.78 is 14.7. The van der Waals surface area contributed by atoms with Gasteiger partial charge in [0.25, 0.3) is 0 Å². The van der Waals surface area contributed by atoms with Crippen molar-refractivity contribution in [1.29, 1.82) is 0 Å². The Labute approximate surface area is 129 Å². The number of rotatable bonds is 1. The molecule has 0 saturated heterocycles. The first-order valence-electron chi connectivity index (χ1n) is 6.49. The van der Waals surface area contributed by atoms with E-state index >= 15 is 0 Å². The number of aromatic nitrogens is 1. The number of fused-ring (bicyclic) bond motifs is 1. The van der Waals surface area contributed by atoms with Crippen LogP contribution in [0.5, 0.6) is 0 Å². The second kappa shape index (κ2) is 4.90. The van der Waals surface area contributed by atoms with E-state index in [-0.39, 0.29) is 11.2 Å². The minimum atomic E-state index is -0.495. The largest absolute Gasteiger partial charge is 0.387 e. The molecule has 1 aliphatic carbocycles. The molecule has 20 heavy (non-hydrogen) atoms. The Morgan fingerprint density at radius 1 is 1.45 bits per heavy atom. The molecular weight excluding hydrogens is 341 g/mol. The van der Waals surface area contributed by atoms with Gasteiger partial charge < -0.3 is 5.11 Å². The third-order valence-electron chi connectivity index (χ3n) is 3.60. The van der Waals surface area contributed by atoms with Crippen molar-refractivity contribution in [3.63, 3.8) is 0 Å². The standard InChI is InChI=1S/C15H15BrFNOS/c1-15(2)6-10-13(11(19)7-15)20-14(18-10)12-8(16)4-3-5-9(12)17/h3-5,11,19H,6-7H2,1-2H3. The highest BCUT2D eigenvalue weighted by Crippen LogP contribution is 2.45. The first-order valence-corrected chi connectivity index (χ1v) is 8.10. The van der Waals surface area contributed by atoms with Gasteiger partial charge in [0.1, 0.15) is 10.8 Å². The van der Waals surface area contributed by atoms with Crippen LogP contribution in [0.2, 0.25) is 0 Å². The number of benzene rings is 1. The van der Waals surface area contributed by atoms with Crippen LogP contribution in [0.25, 0.3) is 10.6 Å². The zero-order valence-corrected chi connectivity index (χ0v) is 13.7. The molecule has 106 valence electrons. The van der Waals surface area contributed by atoms with Crippen LogP contribution >= 0.6 is 27.3 Å². The Morgan fingerprint density at radius 2 is 2.20 bits per heavy atom. The lowest BCUT2D eigenvalue weighted by Gasteiger charge is -2.31. The van der Waals surface area contributed by atoms with Gasteiger partial charge in [0, 0.05) is 4.47 Å². The second-order valence-corrected chi connectivity index (χ2v) is 7.87. The molecular formula is C15H15BrFNOS. The van der Waals surface area contributed by atoms with E-state index in [1.165, 1.54) is 17.4 Å². The summed E-state index contributed by atoms with van der Waals surface area (Å²) in [5.74, 6) is -0.292. The van der Waals surface area contributed by atoms with Gasteiger partial charge >= 0.3 is 0 Å². The van der Waals surface area contributed by atoms with E-state index in [9.17, 15) is 9.50 Å². The summed E-state index contributed by atoms with van der Waals surface area (Å²) in [6, 6.07) is 4.90. The van der Waals surface area contributed by atoms with Crippen molar-refractivity contribution >= 4 is 27.3 Å². The van der Waals surface area contributed by atoms with Crippen LogP contribution in [-0.2, 0) is 6.42 Å². The molecule has 1 unspecified atom stereocenters. The number of halogens is 2. The van der Waals surface area contributed by atoms with Gasteiger partial charge in [-0.2, -0.15) is 0 Å². The number of hydrogen-bond donors (Lipinski definition) is 1. The Hall–Kier alpha value is -0.780. The molecule has 5 heteroatoms.